The van der Waals surface area contributed by atoms with E-state index in [2.05, 4.69) is 24.9 Å². The molecule has 1 aliphatic carbocycles. The number of carbonyl (C=O) groups excluding carboxylic acids is 1. The van der Waals surface area contributed by atoms with Gasteiger partial charge < -0.3 is 19.4 Å². The maximum Gasteiger partial charge on any atom is 0.259 e. The SMILES string of the molecule is Cn1cnc(S(=O)(=O)NC2Cc3cc(C(=O)NC4CCCCC4)ccc3N(Cc3cncn3C)C2)c1. The predicted molar refractivity (Wildman–Crippen MR) is 136 cm³/mol. The van der Waals surface area contributed by atoms with Crippen molar-refractivity contribution in [3.63, 3.8) is 0 Å². The standard InChI is InChI=1S/C25H33N7O3S/c1-30-15-24(27-17-30)36(34,35)29-21-11-19-10-18(25(33)28-20-6-4-3-5-7-20)8-9-23(19)32(13-21)14-22-12-26-16-31(22)2/h8-10,12,15-17,20-21,29H,3-7,11,13-14H2,1-2H3,(H,28,33). The molecule has 3 aromatic rings. The Balaban J connectivity index is 1.41. The van der Waals surface area contributed by atoms with Gasteiger partial charge in [0.2, 0.25) is 0 Å². The van der Waals surface area contributed by atoms with Crippen molar-refractivity contribution < 1.29 is 13.2 Å². The fourth-order valence-corrected chi connectivity index (χ4v) is 6.39. The van der Waals surface area contributed by atoms with E-state index in [1.165, 1.54) is 18.9 Å². The maximum absolute atomic E-state index is 13.0. The van der Waals surface area contributed by atoms with Gasteiger partial charge >= 0.3 is 0 Å². The summed E-state index contributed by atoms with van der Waals surface area (Å²) in [6, 6.07) is 5.59. The molecule has 1 amide bonds. The molecule has 1 aliphatic heterocycles. The number of nitrogens with zero attached hydrogens (tertiary/aromatic N) is 5. The minimum atomic E-state index is -3.79. The zero-order valence-corrected chi connectivity index (χ0v) is 21.5. The molecular weight excluding hydrogens is 478 g/mol. The second kappa shape index (κ2) is 10.1. The number of aromatic nitrogens is 4. The summed E-state index contributed by atoms with van der Waals surface area (Å²) >= 11 is 0. The summed E-state index contributed by atoms with van der Waals surface area (Å²) in [5.74, 6) is -0.0703. The number of anilines is 1. The number of hydrogen-bond acceptors (Lipinski definition) is 6. The van der Waals surface area contributed by atoms with Crippen molar-refractivity contribution in [3.05, 3.63) is 60.1 Å². The lowest BCUT2D eigenvalue weighted by atomic mass is 9.94. The molecule has 3 heterocycles. The Hall–Kier alpha value is -3.18. The molecule has 192 valence electrons. The Labute approximate surface area is 211 Å². The van der Waals surface area contributed by atoms with Crippen LogP contribution in [0.1, 0.15) is 53.7 Å². The number of amides is 1. The fraction of sp³-hybridized carbons (Fsp3) is 0.480. The smallest absolute Gasteiger partial charge is 0.259 e. The first-order valence-electron chi connectivity index (χ1n) is 12.4. The van der Waals surface area contributed by atoms with Crippen LogP contribution in [0.15, 0.2) is 48.3 Å². The van der Waals surface area contributed by atoms with Gasteiger partial charge in [0.25, 0.3) is 15.9 Å². The highest BCUT2D eigenvalue weighted by Crippen LogP contribution is 2.30. The molecule has 36 heavy (non-hydrogen) atoms. The third kappa shape index (κ3) is 5.31. The molecule has 0 bridgehead atoms. The van der Waals surface area contributed by atoms with Crippen molar-refractivity contribution in [2.45, 2.75) is 62.2 Å². The zero-order valence-electron chi connectivity index (χ0n) is 20.7. The van der Waals surface area contributed by atoms with Crippen molar-refractivity contribution in [2.24, 2.45) is 14.1 Å². The van der Waals surface area contributed by atoms with E-state index in [1.54, 1.807) is 17.9 Å². The lowest BCUT2D eigenvalue weighted by Crippen LogP contribution is -2.48. The number of benzene rings is 1. The number of imidazole rings is 2. The molecule has 10 nitrogen and oxygen atoms in total. The van der Waals surface area contributed by atoms with Crippen molar-refractivity contribution in [3.8, 4) is 0 Å². The lowest BCUT2D eigenvalue weighted by molar-refractivity contribution is 0.0927. The first-order chi connectivity index (χ1) is 17.3. The molecule has 1 atom stereocenters. The van der Waals surface area contributed by atoms with E-state index in [9.17, 15) is 13.2 Å². The summed E-state index contributed by atoms with van der Waals surface area (Å²) in [6.07, 6.45) is 12.6. The number of rotatable bonds is 7. The Bertz CT molecular complexity index is 1340. The quantitative estimate of drug-likeness (QED) is 0.502. The van der Waals surface area contributed by atoms with Gasteiger partial charge in [0, 0.05) is 56.4 Å². The first-order valence-corrected chi connectivity index (χ1v) is 13.9. The van der Waals surface area contributed by atoms with Crippen LogP contribution in [-0.2, 0) is 37.1 Å². The summed E-state index contributed by atoms with van der Waals surface area (Å²) in [5.41, 5.74) is 3.55. The van der Waals surface area contributed by atoms with Gasteiger partial charge in [-0.15, -0.1) is 0 Å². The van der Waals surface area contributed by atoms with Crippen molar-refractivity contribution in [1.82, 2.24) is 29.1 Å². The molecule has 11 heteroatoms. The van der Waals surface area contributed by atoms with E-state index >= 15 is 0 Å². The Morgan fingerprint density at radius 1 is 1.11 bits per heavy atom. The van der Waals surface area contributed by atoms with E-state index in [-0.39, 0.29) is 23.0 Å². The third-order valence-electron chi connectivity index (χ3n) is 7.08. The number of hydrogen-bond donors (Lipinski definition) is 2. The maximum atomic E-state index is 13.0. The molecule has 2 N–H and O–H groups in total. The topological polar surface area (TPSA) is 114 Å². The number of carbonyl (C=O) groups is 1. The van der Waals surface area contributed by atoms with Crippen LogP contribution >= 0.6 is 0 Å². The van der Waals surface area contributed by atoms with Crippen LogP contribution in [0.4, 0.5) is 5.69 Å². The van der Waals surface area contributed by atoms with Crippen LogP contribution < -0.4 is 14.9 Å². The minimum Gasteiger partial charge on any atom is -0.364 e. The molecule has 1 unspecified atom stereocenters. The van der Waals surface area contributed by atoms with Gasteiger partial charge in [-0.3, -0.25) is 4.79 Å². The van der Waals surface area contributed by atoms with E-state index in [0.717, 1.165) is 42.6 Å². The van der Waals surface area contributed by atoms with Crippen molar-refractivity contribution in [1.29, 1.82) is 0 Å². The van der Waals surface area contributed by atoms with Crippen LogP contribution in [0.2, 0.25) is 0 Å². The average Bonchev–Trinajstić information content (AvgIpc) is 3.47. The molecule has 5 rings (SSSR count). The summed E-state index contributed by atoms with van der Waals surface area (Å²) < 4.78 is 32.4. The molecule has 0 spiro atoms. The summed E-state index contributed by atoms with van der Waals surface area (Å²) in [4.78, 5) is 23.4. The van der Waals surface area contributed by atoms with E-state index in [4.69, 9.17) is 0 Å². The normalized spacial score (nSPS) is 18.7. The van der Waals surface area contributed by atoms with Gasteiger partial charge in [0.1, 0.15) is 0 Å². The molecule has 1 saturated carbocycles. The van der Waals surface area contributed by atoms with Crippen molar-refractivity contribution in [2.75, 3.05) is 11.4 Å². The molecular formula is C25H33N7O3S. The number of fused-ring (bicyclic) bond motifs is 1. The molecule has 2 aliphatic rings. The Morgan fingerprint density at radius 2 is 1.92 bits per heavy atom. The summed E-state index contributed by atoms with van der Waals surface area (Å²) in [7, 11) is -0.114. The molecule has 1 aromatic carbocycles. The van der Waals surface area contributed by atoms with E-state index in [1.807, 2.05) is 36.0 Å². The van der Waals surface area contributed by atoms with Gasteiger partial charge in [0.15, 0.2) is 5.03 Å². The number of nitrogens with one attached hydrogen (secondary N) is 2. The minimum absolute atomic E-state index is 0.00501. The second-order valence-corrected chi connectivity index (χ2v) is 11.6. The van der Waals surface area contributed by atoms with Crippen molar-refractivity contribution >= 4 is 21.6 Å². The van der Waals surface area contributed by atoms with Gasteiger partial charge in [0.05, 0.1) is 24.9 Å². The fourth-order valence-electron chi connectivity index (χ4n) is 5.18. The highest BCUT2D eigenvalue weighted by molar-refractivity contribution is 7.89. The van der Waals surface area contributed by atoms with Gasteiger partial charge in [-0.2, -0.15) is 0 Å². The summed E-state index contributed by atoms with van der Waals surface area (Å²) in [5, 5.41) is 3.18. The van der Waals surface area contributed by atoms with Crippen LogP contribution in [-0.4, -0.2) is 52.1 Å². The number of sulfonamides is 1. The largest absolute Gasteiger partial charge is 0.364 e. The Morgan fingerprint density at radius 3 is 2.61 bits per heavy atom. The van der Waals surface area contributed by atoms with E-state index in [0.29, 0.717) is 25.1 Å². The monoisotopic (exact) mass is 511 g/mol. The van der Waals surface area contributed by atoms with Gasteiger partial charge in [-0.1, -0.05) is 19.3 Å². The van der Waals surface area contributed by atoms with Gasteiger partial charge in [-0.05, 0) is 43.0 Å². The molecule has 1 fully saturated rings. The van der Waals surface area contributed by atoms with Crippen LogP contribution in [0.3, 0.4) is 0 Å². The highest BCUT2D eigenvalue weighted by Gasteiger charge is 2.30. The first kappa shape index (κ1) is 24.5. The second-order valence-electron chi connectivity index (χ2n) is 9.93. The summed E-state index contributed by atoms with van der Waals surface area (Å²) in [6.45, 7) is 1.05. The highest BCUT2D eigenvalue weighted by atomic mass is 32.2. The molecule has 0 saturated heterocycles. The average molecular weight is 512 g/mol. The molecule has 0 radical (unpaired) electrons. The van der Waals surface area contributed by atoms with Gasteiger partial charge in [-0.25, -0.2) is 23.1 Å². The zero-order chi connectivity index (χ0) is 25.3. The number of aryl methyl sites for hydroxylation is 2. The van der Waals surface area contributed by atoms with Crippen LogP contribution in [0.5, 0.6) is 0 Å². The van der Waals surface area contributed by atoms with Crippen LogP contribution in [0, 0.1) is 0 Å². The molecule has 2 aromatic heterocycles. The van der Waals surface area contributed by atoms with Crippen LogP contribution in [0.25, 0.3) is 0 Å². The predicted octanol–water partition coefficient (Wildman–Crippen LogP) is 2.13. The Kier molecular flexibility index (Phi) is 6.85. The lowest BCUT2D eigenvalue weighted by Gasteiger charge is -2.36. The van der Waals surface area contributed by atoms with E-state index < -0.39 is 10.0 Å². The third-order valence-corrected chi connectivity index (χ3v) is 8.48.